The normalized spacial score (nSPS) is 14.6. The first-order valence-corrected chi connectivity index (χ1v) is 14.9. The quantitative estimate of drug-likeness (QED) is 0.192. The summed E-state index contributed by atoms with van der Waals surface area (Å²) < 4.78 is 6.92. The third kappa shape index (κ3) is 5.12. The lowest BCUT2D eigenvalue weighted by Crippen LogP contribution is -2.24. The molecule has 0 atom stereocenters. The Bertz CT molecular complexity index is 1350. The highest BCUT2D eigenvalue weighted by Crippen LogP contribution is 2.38. The van der Waals surface area contributed by atoms with Crippen molar-refractivity contribution in [2.24, 2.45) is 0 Å². The molecule has 2 aliphatic rings. The van der Waals surface area contributed by atoms with E-state index in [1.165, 1.54) is 34.9 Å². The standard InChI is InChI=1S/C26H27N3O4S3/c1-2-33-25(32)21-17-11-7-4-8-12-19(17)36-23(21)28-20(30)15-35-26-27-18-13-14-34-22(18)24(31)29(26)16-9-5-3-6-10-16/h3,5-6,9-10H,2,4,7-8,11-15H2,1H3,(H,28,30). The average molecular weight is 542 g/mol. The molecule has 0 saturated heterocycles. The summed E-state index contributed by atoms with van der Waals surface area (Å²) in [6.45, 7) is 2.07. The Morgan fingerprint density at radius 2 is 1.94 bits per heavy atom. The lowest BCUT2D eigenvalue weighted by molar-refractivity contribution is -0.113. The molecule has 1 aliphatic carbocycles. The maximum absolute atomic E-state index is 13.3. The zero-order valence-corrected chi connectivity index (χ0v) is 22.5. The van der Waals surface area contributed by atoms with E-state index in [1.807, 2.05) is 30.3 Å². The maximum atomic E-state index is 13.3. The second-order valence-corrected chi connectivity index (χ2v) is 11.7. The summed E-state index contributed by atoms with van der Waals surface area (Å²) in [5.74, 6) is 0.276. The number of benzene rings is 1. The average Bonchev–Trinajstić information content (AvgIpc) is 3.41. The number of rotatable bonds is 7. The van der Waals surface area contributed by atoms with Gasteiger partial charge in [-0.05, 0) is 50.3 Å². The number of carbonyl (C=O) groups excluding carboxylic acids is 2. The van der Waals surface area contributed by atoms with Crippen LogP contribution in [0.3, 0.4) is 0 Å². The van der Waals surface area contributed by atoms with E-state index < -0.39 is 0 Å². The summed E-state index contributed by atoms with van der Waals surface area (Å²) in [7, 11) is 0. The number of esters is 1. The molecule has 0 fully saturated rings. The Labute approximate surface area is 222 Å². The van der Waals surface area contributed by atoms with E-state index in [-0.39, 0.29) is 29.8 Å². The molecule has 0 bridgehead atoms. The van der Waals surface area contributed by atoms with E-state index in [1.54, 1.807) is 11.5 Å². The van der Waals surface area contributed by atoms with Crippen LogP contribution in [0.2, 0.25) is 0 Å². The van der Waals surface area contributed by atoms with Crippen LogP contribution in [0.5, 0.6) is 0 Å². The number of anilines is 1. The number of para-hydroxylation sites is 1. The number of nitrogens with one attached hydrogen (secondary N) is 1. The van der Waals surface area contributed by atoms with Crippen molar-refractivity contribution in [1.29, 1.82) is 0 Å². The zero-order valence-electron chi connectivity index (χ0n) is 20.0. The van der Waals surface area contributed by atoms with E-state index in [2.05, 4.69) is 5.32 Å². The van der Waals surface area contributed by atoms with E-state index in [9.17, 15) is 14.4 Å². The Hall–Kier alpha value is -2.56. The van der Waals surface area contributed by atoms with E-state index >= 15 is 0 Å². The highest BCUT2D eigenvalue weighted by molar-refractivity contribution is 8.00. The van der Waals surface area contributed by atoms with E-state index in [0.29, 0.717) is 20.6 Å². The van der Waals surface area contributed by atoms with Gasteiger partial charge in [0.25, 0.3) is 5.56 Å². The Morgan fingerprint density at radius 1 is 1.14 bits per heavy atom. The first-order valence-electron chi connectivity index (χ1n) is 12.1. The molecule has 3 aromatic rings. The zero-order chi connectivity index (χ0) is 25.1. The number of amides is 1. The molecule has 3 heterocycles. The number of thioether (sulfide) groups is 2. The summed E-state index contributed by atoms with van der Waals surface area (Å²) in [5.41, 5.74) is 2.95. The van der Waals surface area contributed by atoms with Gasteiger partial charge < -0.3 is 10.1 Å². The largest absolute Gasteiger partial charge is 0.462 e. The molecule has 5 rings (SSSR count). The van der Waals surface area contributed by atoms with Gasteiger partial charge in [-0.2, -0.15) is 0 Å². The summed E-state index contributed by atoms with van der Waals surface area (Å²) in [6.07, 6.45) is 5.73. The van der Waals surface area contributed by atoms with E-state index in [4.69, 9.17) is 9.72 Å². The number of aryl methyl sites for hydroxylation is 2. The van der Waals surface area contributed by atoms with Crippen molar-refractivity contribution in [2.45, 2.75) is 55.5 Å². The van der Waals surface area contributed by atoms with Crippen molar-refractivity contribution in [1.82, 2.24) is 9.55 Å². The van der Waals surface area contributed by atoms with Gasteiger partial charge in [-0.1, -0.05) is 36.4 Å². The molecule has 36 heavy (non-hydrogen) atoms. The molecule has 2 aromatic heterocycles. The molecule has 0 saturated carbocycles. The van der Waals surface area contributed by atoms with Gasteiger partial charge in [0.15, 0.2) is 5.16 Å². The van der Waals surface area contributed by atoms with Gasteiger partial charge in [-0.15, -0.1) is 23.1 Å². The third-order valence-electron chi connectivity index (χ3n) is 6.17. The minimum absolute atomic E-state index is 0.0655. The van der Waals surface area contributed by atoms with Crippen molar-refractivity contribution < 1.29 is 14.3 Å². The Balaban J connectivity index is 1.40. The third-order valence-corrected chi connectivity index (χ3v) is 9.42. The Morgan fingerprint density at radius 3 is 2.75 bits per heavy atom. The maximum Gasteiger partial charge on any atom is 0.341 e. The minimum Gasteiger partial charge on any atom is -0.462 e. The molecule has 1 N–H and O–H groups in total. The number of hydrogen-bond acceptors (Lipinski definition) is 8. The fourth-order valence-electron chi connectivity index (χ4n) is 4.54. The van der Waals surface area contributed by atoms with Gasteiger partial charge in [-0.3, -0.25) is 14.2 Å². The van der Waals surface area contributed by atoms with Gasteiger partial charge in [0.2, 0.25) is 5.91 Å². The molecule has 0 unspecified atom stereocenters. The van der Waals surface area contributed by atoms with Gasteiger partial charge in [0, 0.05) is 17.1 Å². The van der Waals surface area contributed by atoms with Crippen LogP contribution < -0.4 is 10.9 Å². The van der Waals surface area contributed by atoms with Gasteiger partial charge in [0.05, 0.1) is 34.2 Å². The van der Waals surface area contributed by atoms with Crippen LogP contribution in [0.25, 0.3) is 5.69 Å². The second kappa shape index (κ2) is 11.2. The van der Waals surface area contributed by atoms with Crippen molar-refractivity contribution in [3.05, 3.63) is 62.4 Å². The molecule has 0 spiro atoms. The van der Waals surface area contributed by atoms with Crippen LogP contribution in [0.4, 0.5) is 5.00 Å². The van der Waals surface area contributed by atoms with Crippen LogP contribution in [0.15, 0.2) is 45.2 Å². The number of hydrogen-bond donors (Lipinski definition) is 1. The monoisotopic (exact) mass is 541 g/mol. The van der Waals surface area contributed by atoms with Crippen molar-refractivity contribution in [3.8, 4) is 5.69 Å². The van der Waals surface area contributed by atoms with Crippen molar-refractivity contribution in [3.63, 3.8) is 0 Å². The predicted molar refractivity (Wildman–Crippen MR) is 145 cm³/mol. The topological polar surface area (TPSA) is 90.3 Å². The molecule has 10 heteroatoms. The number of aromatic nitrogens is 2. The van der Waals surface area contributed by atoms with E-state index in [0.717, 1.165) is 66.1 Å². The predicted octanol–water partition coefficient (Wildman–Crippen LogP) is 5.12. The van der Waals surface area contributed by atoms with Crippen LogP contribution in [0.1, 0.15) is 52.7 Å². The van der Waals surface area contributed by atoms with Crippen LogP contribution in [-0.2, 0) is 28.8 Å². The molecule has 0 radical (unpaired) electrons. The number of nitrogens with zero attached hydrogens (tertiary/aromatic N) is 2. The Kier molecular flexibility index (Phi) is 7.83. The second-order valence-electron chi connectivity index (χ2n) is 8.57. The fourth-order valence-corrected chi connectivity index (χ4v) is 7.68. The van der Waals surface area contributed by atoms with Gasteiger partial charge in [-0.25, -0.2) is 9.78 Å². The molecule has 1 aromatic carbocycles. The van der Waals surface area contributed by atoms with Crippen LogP contribution >= 0.6 is 34.9 Å². The highest BCUT2D eigenvalue weighted by Gasteiger charge is 2.27. The summed E-state index contributed by atoms with van der Waals surface area (Å²) in [4.78, 5) is 45.7. The summed E-state index contributed by atoms with van der Waals surface area (Å²) in [5, 5.41) is 4.02. The molecular weight excluding hydrogens is 515 g/mol. The van der Waals surface area contributed by atoms with Gasteiger partial charge in [0.1, 0.15) is 5.00 Å². The minimum atomic E-state index is -0.379. The summed E-state index contributed by atoms with van der Waals surface area (Å²) >= 11 is 4.25. The molecule has 1 aliphatic heterocycles. The molecule has 7 nitrogen and oxygen atoms in total. The SMILES string of the molecule is CCOC(=O)c1c(NC(=O)CSc2nc3c(c(=O)n2-c2ccccc2)SCC3)sc2c1CCCCC2. The smallest absolute Gasteiger partial charge is 0.341 e. The molecule has 1 amide bonds. The highest BCUT2D eigenvalue weighted by atomic mass is 32.2. The van der Waals surface area contributed by atoms with Crippen LogP contribution in [0, 0.1) is 0 Å². The number of carbonyl (C=O) groups is 2. The molecular formula is C26H27N3O4S3. The summed E-state index contributed by atoms with van der Waals surface area (Å²) in [6, 6.07) is 9.38. The number of ether oxygens (including phenoxy) is 1. The van der Waals surface area contributed by atoms with Crippen molar-refractivity contribution >= 4 is 51.7 Å². The number of thiophene rings is 1. The first kappa shape index (κ1) is 25.1. The lowest BCUT2D eigenvalue weighted by Gasteiger charge is -2.13. The molecule has 188 valence electrons. The fraction of sp³-hybridized carbons (Fsp3) is 0.385. The lowest BCUT2D eigenvalue weighted by atomic mass is 10.1. The first-order chi connectivity index (χ1) is 17.6. The number of fused-ring (bicyclic) bond motifs is 2. The van der Waals surface area contributed by atoms with Gasteiger partial charge >= 0.3 is 5.97 Å². The van der Waals surface area contributed by atoms with Crippen LogP contribution in [-0.4, -0.2) is 39.5 Å². The van der Waals surface area contributed by atoms with Crippen molar-refractivity contribution in [2.75, 3.05) is 23.4 Å².